The molecule has 0 bridgehead atoms. The van der Waals surface area contributed by atoms with Gasteiger partial charge in [-0.3, -0.25) is 9.59 Å². The number of β-amino-alcohol motifs (C(OH)–C–C–N with tert-alkyl or cyclic N) is 1. The first-order valence-electron chi connectivity index (χ1n) is 10.1. The van der Waals surface area contributed by atoms with Crippen LogP contribution in [0.25, 0.3) is 0 Å². The van der Waals surface area contributed by atoms with E-state index < -0.39 is 22.8 Å². The monoisotopic (exact) mass is 410 g/mol. The maximum Gasteiger partial charge on any atom is 0.416 e. The number of hydrogen-bond donors (Lipinski definition) is 1. The summed E-state index contributed by atoms with van der Waals surface area (Å²) in [7, 11) is 0. The van der Waals surface area contributed by atoms with Gasteiger partial charge in [-0.25, -0.2) is 0 Å². The number of likely N-dealkylation sites (tertiary alicyclic amines) is 1. The summed E-state index contributed by atoms with van der Waals surface area (Å²) in [5.74, 6) is 0.000640. The third-order valence-electron chi connectivity index (χ3n) is 6.81. The fourth-order valence-electron chi connectivity index (χ4n) is 4.94. The van der Waals surface area contributed by atoms with Gasteiger partial charge >= 0.3 is 6.18 Å². The Morgan fingerprint density at radius 2 is 1.62 bits per heavy atom. The zero-order valence-electron chi connectivity index (χ0n) is 16.2. The maximum atomic E-state index is 13.1. The molecule has 1 N–H and O–H groups in total. The normalized spacial score (nSPS) is 30.6. The number of nitrogens with zero attached hydrogens (tertiary/aromatic N) is 2. The van der Waals surface area contributed by atoms with E-state index in [9.17, 15) is 27.9 Å². The predicted molar refractivity (Wildman–Crippen MR) is 100 cm³/mol. The van der Waals surface area contributed by atoms with Crippen LogP contribution in [0.5, 0.6) is 0 Å². The fourth-order valence-corrected chi connectivity index (χ4v) is 4.94. The molecule has 158 valence electrons. The Labute approximate surface area is 167 Å². The Bertz CT molecular complexity index is 798. The number of halogens is 3. The summed E-state index contributed by atoms with van der Waals surface area (Å²) in [4.78, 5) is 28.3. The quantitative estimate of drug-likeness (QED) is 0.831. The second-order valence-electron chi connectivity index (χ2n) is 8.67. The summed E-state index contributed by atoms with van der Waals surface area (Å²) < 4.78 is 38.3. The first-order chi connectivity index (χ1) is 13.6. The average Bonchev–Trinajstić information content (AvgIpc) is 3.21. The SMILES string of the molecule is O=C1CCCN1CC1(O)CCC2(CCN(c3ccc(C(F)(F)F)cc3)C2=O)CC1. The lowest BCUT2D eigenvalue weighted by Crippen LogP contribution is -2.49. The van der Waals surface area contributed by atoms with Gasteiger partial charge in [0.25, 0.3) is 0 Å². The summed E-state index contributed by atoms with van der Waals surface area (Å²) >= 11 is 0. The first kappa shape index (κ1) is 20.2. The Balaban J connectivity index is 1.42. The highest BCUT2D eigenvalue weighted by Gasteiger charge is 2.52. The zero-order valence-corrected chi connectivity index (χ0v) is 16.2. The molecule has 8 heteroatoms. The van der Waals surface area contributed by atoms with Gasteiger partial charge in [0.1, 0.15) is 0 Å². The van der Waals surface area contributed by atoms with Crippen LogP contribution in [0.3, 0.4) is 0 Å². The van der Waals surface area contributed by atoms with Gasteiger partial charge in [0, 0.05) is 31.7 Å². The highest BCUT2D eigenvalue weighted by Crippen LogP contribution is 2.49. The Hall–Kier alpha value is -2.09. The number of anilines is 1. The molecule has 0 atom stereocenters. The molecule has 29 heavy (non-hydrogen) atoms. The van der Waals surface area contributed by atoms with Gasteiger partial charge in [0.2, 0.25) is 11.8 Å². The van der Waals surface area contributed by atoms with Crippen molar-refractivity contribution in [3.05, 3.63) is 29.8 Å². The molecular formula is C21H25F3N2O3. The fraction of sp³-hybridized carbons (Fsp3) is 0.619. The lowest BCUT2D eigenvalue weighted by molar-refractivity contribution is -0.137. The van der Waals surface area contributed by atoms with E-state index in [1.54, 1.807) is 9.80 Å². The van der Waals surface area contributed by atoms with Crippen LogP contribution in [-0.2, 0) is 15.8 Å². The smallest absolute Gasteiger partial charge is 0.388 e. The van der Waals surface area contributed by atoms with Gasteiger partial charge in [-0.15, -0.1) is 0 Å². The third kappa shape index (κ3) is 3.74. The van der Waals surface area contributed by atoms with Crippen LogP contribution in [0, 0.1) is 5.41 Å². The summed E-state index contributed by atoms with van der Waals surface area (Å²) in [6.45, 7) is 1.46. The molecule has 3 fully saturated rings. The van der Waals surface area contributed by atoms with Gasteiger partial charge in [-0.2, -0.15) is 13.2 Å². The van der Waals surface area contributed by atoms with Crippen LogP contribution in [0.15, 0.2) is 24.3 Å². The lowest BCUT2D eigenvalue weighted by atomic mass is 9.67. The van der Waals surface area contributed by atoms with Gasteiger partial charge in [0.05, 0.1) is 16.6 Å². The highest BCUT2D eigenvalue weighted by molar-refractivity contribution is 6.00. The molecule has 2 saturated heterocycles. The zero-order chi connectivity index (χ0) is 20.9. The van der Waals surface area contributed by atoms with E-state index in [1.165, 1.54) is 12.1 Å². The number of aliphatic hydroxyl groups is 1. The highest BCUT2D eigenvalue weighted by atomic mass is 19.4. The minimum atomic E-state index is -4.40. The predicted octanol–water partition coefficient (Wildman–Crippen LogP) is 3.36. The van der Waals surface area contributed by atoms with Crippen molar-refractivity contribution in [2.75, 3.05) is 24.5 Å². The van der Waals surface area contributed by atoms with Crippen molar-refractivity contribution in [1.29, 1.82) is 0 Å². The summed E-state index contributed by atoms with van der Waals surface area (Å²) in [5, 5.41) is 10.9. The molecule has 1 aromatic rings. The minimum Gasteiger partial charge on any atom is -0.388 e. The van der Waals surface area contributed by atoms with E-state index in [0.717, 1.165) is 18.6 Å². The van der Waals surface area contributed by atoms with Crippen LogP contribution < -0.4 is 4.90 Å². The summed E-state index contributed by atoms with van der Waals surface area (Å²) in [6, 6.07) is 4.69. The molecule has 0 aromatic heterocycles. The van der Waals surface area contributed by atoms with Gasteiger partial charge < -0.3 is 14.9 Å². The number of amides is 2. The minimum absolute atomic E-state index is 0.0726. The van der Waals surface area contributed by atoms with Crippen LogP contribution in [0.2, 0.25) is 0 Å². The third-order valence-corrected chi connectivity index (χ3v) is 6.81. The number of hydrogen-bond acceptors (Lipinski definition) is 3. The molecule has 3 aliphatic rings. The lowest BCUT2D eigenvalue weighted by Gasteiger charge is -2.42. The van der Waals surface area contributed by atoms with Crippen molar-refractivity contribution in [3.63, 3.8) is 0 Å². The molecule has 1 aliphatic carbocycles. The topological polar surface area (TPSA) is 60.9 Å². The Morgan fingerprint density at radius 1 is 0.966 bits per heavy atom. The molecule has 4 rings (SSSR count). The van der Waals surface area contributed by atoms with E-state index in [4.69, 9.17) is 0 Å². The van der Waals surface area contributed by atoms with E-state index >= 15 is 0 Å². The van der Waals surface area contributed by atoms with E-state index in [-0.39, 0.29) is 11.8 Å². The van der Waals surface area contributed by atoms with Crippen molar-refractivity contribution in [2.24, 2.45) is 5.41 Å². The van der Waals surface area contributed by atoms with Gasteiger partial charge in [0.15, 0.2) is 0 Å². The standard InChI is InChI=1S/C21H25F3N2O3/c22-21(23,24)15-3-5-16(6-4-15)26-13-11-19(18(26)28)7-9-20(29,10-8-19)14-25-12-1-2-17(25)27/h3-6,29H,1-2,7-14H2. The summed E-state index contributed by atoms with van der Waals surface area (Å²) in [6.07, 6.45) is -0.472. The van der Waals surface area contributed by atoms with Crippen molar-refractivity contribution < 1.29 is 27.9 Å². The van der Waals surface area contributed by atoms with Crippen molar-refractivity contribution in [2.45, 2.75) is 56.7 Å². The maximum absolute atomic E-state index is 13.1. The second kappa shape index (κ2) is 7.00. The van der Waals surface area contributed by atoms with Crippen molar-refractivity contribution in [3.8, 4) is 0 Å². The van der Waals surface area contributed by atoms with Crippen LogP contribution in [-0.4, -0.2) is 47.1 Å². The van der Waals surface area contributed by atoms with Crippen LogP contribution in [0.1, 0.15) is 50.5 Å². The van der Waals surface area contributed by atoms with Crippen LogP contribution in [0.4, 0.5) is 18.9 Å². The second-order valence-corrected chi connectivity index (χ2v) is 8.67. The first-order valence-corrected chi connectivity index (χ1v) is 10.1. The number of benzene rings is 1. The Kier molecular flexibility index (Phi) is 4.88. The molecule has 0 radical (unpaired) electrons. The van der Waals surface area contributed by atoms with E-state index in [0.29, 0.717) is 63.8 Å². The molecule has 1 saturated carbocycles. The van der Waals surface area contributed by atoms with Crippen LogP contribution >= 0.6 is 0 Å². The molecule has 2 heterocycles. The number of alkyl halides is 3. The molecule has 5 nitrogen and oxygen atoms in total. The average molecular weight is 410 g/mol. The molecule has 1 aromatic carbocycles. The molecular weight excluding hydrogens is 385 g/mol. The molecule has 1 spiro atoms. The summed E-state index contributed by atoms with van der Waals surface area (Å²) in [5.41, 5.74) is -1.79. The van der Waals surface area contributed by atoms with Crippen molar-refractivity contribution in [1.82, 2.24) is 4.90 Å². The largest absolute Gasteiger partial charge is 0.416 e. The Morgan fingerprint density at radius 3 is 2.17 bits per heavy atom. The van der Waals surface area contributed by atoms with Gasteiger partial charge in [-0.05, 0) is 62.8 Å². The van der Waals surface area contributed by atoms with Crippen molar-refractivity contribution >= 4 is 17.5 Å². The van der Waals surface area contributed by atoms with E-state index in [2.05, 4.69) is 0 Å². The molecule has 2 amide bonds. The number of rotatable bonds is 3. The molecule has 2 aliphatic heterocycles. The number of carbonyl (C=O) groups excluding carboxylic acids is 2. The van der Waals surface area contributed by atoms with E-state index in [1.807, 2.05) is 0 Å². The van der Waals surface area contributed by atoms with Gasteiger partial charge in [-0.1, -0.05) is 0 Å². The molecule has 0 unspecified atom stereocenters. The number of carbonyl (C=O) groups is 2.